The summed E-state index contributed by atoms with van der Waals surface area (Å²) < 4.78 is 6.93. The summed E-state index contributed by atoms with van der Waals surface area (Å²) in [6.07, 6.45) is 1.71. The van der Waals surface area contributed by atoms with Crippen LogP contribution in [0.5, 0.6) is 5.75 Å². The molecule has 5 heteroatoms. The molecule has 0 radical (unpaired) electrons. The van der Waals surface area contributed by atoms with Gasteiger partial charge in [0.2, 0.25) is 0 Å². The number of aryl methyl sites for hydroxylation is 1. The molecule has 3 aromatic rings. The first-order chi connectivity index (χ1) is 11.7. The predicted molar refractivity (Wildman–Crippen MR) is 92.5 cm³/mol. The molecule has 0 saturated heterocycles. The fraction of sp³-hybridized carbons (Fsp3) is 0.158. The number of benzene rings is 2. The quantitative estimate of drug-likeness (QED) is 0.785. The Kier molecular flexibility index (Phi) is 4.61. The highest BCUT2D eigenvalue weighted by atomic mass is 16.5. The Morgan fingerprint density at radius 2 is 1.96 bits per heavy atom. The smallest absolute Gasteiger partial charge is 0.275 e. The van der Waals surface area contributed by atoms with E-state index in [0.717, 1.165) is 16.8 Å². The molecule has 1 aromatic heterocycles. The molecular weight excluding hydrogens is 302 g/mol. The van der Waals surface area contributed by atoms with Crippen molar-refractivity contribution in [1.82, 2.24) is 15.1 Å². The summed E-state index contributed by atoms with van der Waals surface area (Å²) in [6.45, 7) is 2.47. The van der Waals surface area contributed by atoms with Crippen LogP contribution >= 0.6 is 0 Å². The minimum Gasteiger partial charge on any atom is -0.493 e. The normalized spacial score (nSPS) is 10.4. The number of rotatable bonds is 5. The molecule has 0 aliphatic carbocycles. The summed E-state index contributed by atoms with van der Waals surface area (Å²) in [5.74, 6) is 0.184. The molecule has 0 aliphatic heterocycles. The van der Waals surface area contributed by atoms with Gasteiger partial charge in [0.15, 0.2) is 11.4 Å². The molecule has 3 rings (SSSR count). The summed E-state index contributed by atoms with van der Waals surface area (Å²) in [6, 6.07) is 17.6. The molecular formula is C19H19N3O2. The molecule has 1 heterocycles. The number of carbonyl (C=O) groups excluding carboxylic acids is 1. The Balaban J connectivity index is 1.78. The molecule has 24 heavy (non-hydrogen) atoms. The fourth-order valence-electron chi connectivity index (χ4n) is 2.47. The molecule has 0 aliphatic rings. The second-order valence-corrected chi connectivity index (χ2v) is 5.50. The van der Waals surface area contributed by atoms with Crippen LogP contribution in [0.1, 0.15) is 21.6 Å². The zero-order chi connectivity index (χ0) is 16.9. The van der Waals surface area contributed by atoms with Gasteiger partial charge >= 0.3 is 0 Å². The molecule has 1 N–H and O–H groups in total. The van der Waals surface area contributed by atoms with Crippen LogP contribution in [0.15, 0.2) is 60.8 Å². The van der Waals surface area contributed by atoms with Crippen molar-refractivity contribution in [2.75, 3.05) is 7.11 Å². The number of nitrogens with one attached hydrogen (secondary N) is 1. The van der Waals surface area contributed by atoms with Gasteiger partial charge in [-0.25, -0.2) is 4.68 Å². The molecule has 0 spiro atoms. The highest BCUT2D eigenvalue weighted by Gasteiger charge is 2.18. The minimum absolute atomic E-state index is 0.261. The number of para-hydroxylation sites is 1. The first-order valence-corrected chi connectivity index (χ1v) is 7.70. The summed E-state index contributed by atoms with van der Waals surface area (Å²) >= 11 is 0. The van der Waals surface area contributed by atoms with Crippen molar-refractivity contribution in [2.24, 2.45) is 0 Å². The Bertz CT molecular complexity index is 841. The second-order valence-electron chi connectivity index (χ2n) is 5.50. The van der Waals surface area contributed by atoms with E-state index in [1.165, 1.54) is 7.11 Å². The van der Waals surface area contributed by atoms with Crippen LogP contribution in [0.3, 0.4) is 0 Å². The molecule has 0 unspecified atom stereocenters. The Morgan fingerprint density at radius 3 is 2.67 bits per heavy atom. The third kappa shape index (κ3) is 3.46. The van der Waals surface area contributed by atoms with Crippen LogP contribution in [0.4, 0.5) is 0 Å². The average Bonchev–Trinajstić information content (AvgIpc) is 3.05. The third-order valence-electron chi connectivity index (χ3n) is 3.67. The Hall–Kier alpha value is -3.08. The molecule has 0 fully saturated rings. The van der Waals surface area contributed by atoms with Gasteiger partial charge in [-0.15, -0.1) is 0 Å². The molecule has 2 aromatic carbocycles. The molecule has 122 valence electrons. The second kappa shape index (κ2) is 7.00. The fourth-order valence-corrected chi connectivity index (χ4v) is 2.47. The van der Waals surface area contributed by atoms with Gasteiger partial charge < -0.3 is 10.1 Å². The van der Waals surface area contributed by atoms with E-state index in [0.29, 0.717) is 12.3 Å². The highest BCUT2D eigenvalue weighted by molar-refractivity contribution is 5.94. The van der Waals surface area contributed by atoms with E-state index < -0.39 is 0 Å². The van der Waals surface area contributed by atoms with Gasteiger partial charge in [0.05, 0.1) is 19.0 Å². The number of methoxy groups -OCH3 is 1. The SMILES string of the molecule is COc1cn(-c2ccccc2)nc1C(=O)NCc1cccc(C)c1. The van der Waals surface area contributed by atoms with Crippen LogP contribution in [0.2, 0.25) is 0 Å². The van der Waals surface area contributed by atoms with Crippen molar-refractivity contribution in [3.8, 4) is 11.4 Å². The third-order valence-corrected chi connectivity index (χ3v) is 3.67. The van der Waals surface area contributed by atoms with Gasteiger partial charge in [-0.05, 0) is 24.6 Å². The van der Waals surface area contributed by atoms with Gasteiger partial charge in [0.1, 0.15) is 0 Å². The summed E-state index contributed by atoms with van der Waals surface area (Å²) in [4.78, 5) is 12.5. The molecule has 0 saturated carbocycles. The molecule has 0 atom stereocenters. The zero-order valence-electron chi connectivity index (χ0n) is 13.7. The predicted octanol–water partition coefficient (Wildman–Crippen LogP) is 3.12. The average molecular weight is 321 g/mol. The molecule has 5 nitrogen and oxygen atoms in total. The van der Waals surface area contributed by atoms with Gasteiger partial charge in [-0.2, -0.15) is 5.10 Å². The zero-order valence-corrected chi connectivity index (χ0v) is 13.7. The lowest BCUT2D eigenvalue weighted by Gasteiger charge is -2.05. The molecule has 0 bridgehead atoms. The molecule has 1 amide bonds. The van der Waals surface area contributed by atoms with Gasteiger partial charge in [0, 0.05) is 6.54 Å². The van der Waals surface area contributed by atoms with E-state index in [9.17, 15) is 4.79 Å². The lowest BCUT2D eigenvalue weighted by molar-refractivity contribution is 0.0942. The van der Waals surface area contributed by atoms with Crippen LogP contribution in [-0.4, -0.2) is 22.8 Å². The van der Waals surface area contributed by atoms with Crippen molar-refractivity contribution in [2.45, 2.75) is 13.5 Å². The first-order valence-electron chi connectivity index (χ1n) is 7.70. The van der Waals surface area contributed by atoms with Crippen LogP contribution in [0.25, 0.3) is 5.69 Å². The summed E-state index contributed by atoms with van der Waals surface area (Å²) in [5.41, 5.74) is 3.35. The number of amides is 1. The van der Waals surface area contributed by atoms with Crippen molar-refractivity contribution in [3.63, 3.8) is 0 Å². The maximum absolute atomic E-state index is 12.5. The van der Waals surface area contributed by atoms with Gasteiger partial charge in [-0.3, -0.25) is 4.79 Å². The van der Waals surface area contributed by atoms with Gasteiger partial charge in [0.25, 0.3) is 5.91 Å². The number of ether oxygens (including phenoxy) is 1. The number of hydrogen-bond acceptors (Lipinski definition) is 3. The monoisotopic (exact) mass is 321 g/mol. The number of aromatic nitrogens is 2. The van der Waals surface area contributed by atoms with E-state index in [1.54, 1.807) is 10.9 Å². The number of carbonyl (C=O) groups is 1. The van der Waals surface area contributed by atoms with E-state index in [4.69, 9.17) is 4.74 Å². The van der Waals surface area contributed by atoms with E-state index in [1.807, 2.05) is 61.5 Å². The topological polar surface area (TPSA) is 56.2 Å². The minimum atomic E-state index is -0.261. The maximum atomic E-state index is 12.5. The number of hydrogen-bond donors (Lipinski definition) is 1. The van der Waals surface area contributed by atoms with E-state index in [2.05, 4.69) is 10.4 Å². The van der Waals surface area contributed by atoms with Crippen molar-refractivity contribution < 1.29 is 9.53 Å². The van der Waals surface area contributed by atoms with E-state index >= 15 is 0 Å². The highest BCUT2D eigenvalue weighted by Crippen LogP contribution is 2.19. The number of nitrogens with zero attached hydrogens (tertiary/aromatic N) is 2. The lowest BCUT2D eigenvalue weighted by Crippen LogP contribution is -2.24. The lowest BCUT2D eigenvalue weighted by atomic mass is 10.1. The Morgan fingerprint density at radius 1 is 1.17 bits per heavy atom. The summed E-state index contributed by atoms with van der Waals surface area (Å²) in [5, 5.41) is 7.25. The van der Waals surface area contributed by atoms with Crippen molar-refractivity contribution in [1.29, 1.82) is 0 Å². The standard InChI is InChI=1S/C19H19N3O2/c1-14-7-6-8-15(11-14)12-20-19(23)18-17(24-2)13-22(21-18)16-9-4-3-5-10-16/h3-11,13H,12H2,1-2H3,(H,20,23). The van der Waals surface area contributed by atoms with Crippen LogP contribution < -0.4 is 10.1 Å². The van der Waals surface area contributed by atoms with Gasteiger partial charge in [-0.1, -0.05) is 48.0 Å². The largest absolute Gasteiger partial charge is 0.493 e. The first kappa shape index (κ1) is 15.8. The maximum Gasteiger partial charge on any atom is 0.275 e. The van der Waals surface area contributed by atoms with E-state index in [-0.39, 0.29) is 11.6 Å². The van der Waals surface area contributed by atoms with Crippen LogP contribution in [0, 0.1) is 6.92 Å². The Labute approximate surface area is 140 Å². The van der Waals surface area contributed by atoms with Crippen LogP contribution in [-0.2, 0) is 6.54 Å². The van der Waals surface area contributed by atoms with Crippen molar-refractivity contribution in [3.05, 3.63) is 77.6 Å². The summed E-state index contributed by atoms with van der Waals surface area (Å²) in [7, 11) is 1.53. The van der Waals surface area contributed by atoms with Crippen molar-refractivity contribution >= 4 is 5.91 Å².